The molecule has 0 aliphatic heterocycles. The van der Waals surface area contributed by atoms with Gasteiger partial charge >= 0.3 is 0 Å². The predicted molar refractivity (Wildman–Crippen MR) is 82.1 cm³/mol. The Labute approximate surface area is 143 Å². The van der Waals surface area contributed by atoms with Crippen LogP contribution in [0.3, 0.4) is 0 Å². The van der Waals surface area contributed by atoms with Crippen molar-refractivity contribution >= 4 is 93.1 Å². The van der Waals surface area contributed by atoms with Crippen molar-refractivity contribution in [3.05, 3.63) is 18.2 Å². The van der Waals surface area contributed by atoms with Gasteiger partial charge in [-0.2, -0.15) is 0 Å². The number of aromatic nitrogens is 1. The number of hydrogen-bond donors (Lipinski definition) is 2. The number of carbonyl (C=O) groups excluding carboxylic acids is 2. The van der Waals surface area contributed by atoms with E-state index in [-0.39, 0.29) is 11.6 Å². The summed E-state index contributed by atoms with van der Waals surface area (Å²) < 4.78 is -4.28. The van der Waals surface area contributed by atoms with Crippen molar-refractivity contribution in [3.8, 4) is 0 Å². The zero-order valence-electron chi connectivity index (χ0n) is 9.26. The van der Waals surface area contributed by atoms with Crippen molar-refractivity contribution in [2.75, 3.05) is 10.6 Å². The first kappa shape index (κ1) is 17.9. The van der Waals surface area contributed by atoms with Crippen LogP contribution in [0, 0.1) is 0 Å². The molecule has 5 nitrogen and oxygen atoms in total. The first-order valence-corrected chi connectivity index (χ1v) is 7.00. The number of carbonyl (C=O) groups is 2. The number of nitrogens with zero attached hydrogens (tertiary/aromatic N) is 1. The summed E-state index contributed by atoms with van der Waals surface area (Å²) in [5.41, 5.74) is 0. The second-order valence-corrected chi connectivity index (χ2v) is 7.87. The molecule has 2 amide bonds. The van der Waals surface area contributed by atoms with Crippen LogP contribution in [0.1, 0.15) is 0 Å². The third kappa shape index (κ3) is 5.68. The quantitative estimate of drug-likeness (QED) is 0.745. The molecular weight excluding hydrogens is 395 g/mol. The van der Waals surface area contributed by atoms with Crippen LogP contribution in [0.15, 0.2) is 18.2 Å². The summed E-state index contributed by atoms with van der Waals surface area (Å²) >= 11 is 32.3. The van der Waals surface area contributed by atoms with E-state index in [1.165, 1.54) is 18.2 Å². The van der Waals surface area contributed by atoms with Crippen LogP contribution in [-0.4, -0.2) is 24.4 Å². The lowest BCUT2D eigenvalue weighted by Crippen LogP contribution is -2.29. The Balaban J connectivity index is 2.82. The van der Waals surface area contributed by atoms with E-state index in [0.29, 0.717) is 0 Å². The van der Waals surface area contributed by atoms with Crippen LogP contribution < -0.4 is 10.6 Å². The maximum Gasteiger partial charge on any atom is 0.277 e. The van der Waals surface area contributed by atoms with Gasteiger partial charge in [-0.3, -0.25) is 9.59 Å². The van der Waals surface area contributed by atoms with Gasteiger partial charge in [-0.25, -0.2) is 4.98 Å². The molecule has 0 spiro atoms. The second-order valence-electron chi connectivity index (χ2n) is 3.31. The first-order chi connectivity index (χ1) is 9.00. The Hall–Kier alpha value is -0.170. The van der Waals surface area contributed by atoms with Crippen molar-refractivity contribution < 1.29 is 9.59 Å². The Bertz CT molecular complexity index is 482. The number of amides is 2. The molecule has 2 N–H and O–H groups in total. The zero-order chi connectivity index (χ0) is 15.6. The van der Waals surface area contributed by atoms with E-state index in [4.69, 9.17) is 69.6 Å². The number of rotatable bonds is 2. The largest absolute Gasteiger partial charge is 0.307 e. The van der Waals surface area contributed by atoms with Crippen LogP contribution in [0.2, 0.25) is 0 Å². The van der Waals surface area contributed by atoms with Crippen LogP contribution in [0.5, 0.6) is 0 Å². The molecule has 1 aromatic heterocycles. The monoisotopic (exact) mass is 397 g/mol. The molecule has 0 aromatic carbocycles. The Morgan fingerprint density at radius 1 is 0.850 bits per heavy atom. The fourth-order valence-electron chi connectivity index (χ4n) is 0.948. The molecular formula is C9H5Cl6N3O2. The Morgan fingerprint density at radius 2 is 1.20 bits per heavy atom. The van der Waals surface area contributed by atoms with Crippen molar-refractivity contribution in [2.24, 2.45) is 0 Å². The van der Waals surface area contributed by atoms with E-state index in [1.807, 2.05) is 0 Å². The van der Waals surface area contributed by atoms with Gasteiger partial charge in [-0.05, 0) is 12.1 Å². The molecule has 0 saturated carbocycles. The number of pyridine rings is 1. The zero-order valence-corrected chi connectivity index (χ0v) is 13.8. The van der Waals surface area contributed by atoms with Gasteiger partial charge in [0.05, 0.1) is 0 Å². The molecule has 0 saturated heterocycles. The van der Waals surface area contributed by atoms with Crippen LogP contribution in [-0.2, 0) is 9.59 Å². The molecule has 110 valence electrons. The molecule has 0 bridgehead atoms. The summed E-state index contributed by atoms with van der Waals surface area (Å²) in [5, 5.41) is 4.48. The van der Waals surface area contributed by atoms with E-state index in [1.54, 1.807) is 0 Å². The maximum absolute atomic E-state index is 11.4. The highest BCUT2D eigenvalue weighted by molar-refractivity contribution is 6.77. The molecule has 1 rings (SSSR count). The summed E-state index contributed by atoms with van der Waals surface area (Å²) in [7, 11) is 0. The number of halogens is 6. The summed E-state index contributed by atoms with van der Waals surface area (Å²) in [5.74, 6) is -1.72. The summed E-state index contributed by atoms with van der Waals surface area (Å²) in [4.78, 5) is 26.7. The van der Waals surface area contributed by atoms with Gasteiger partial charge in [0.25, 0.3) is 19.4 Å². The molecule has 0 atom stereocenters. The molecule has 0 radical (unpaired) electrons. The normalized spacial score (nSPS) is 11.9. The van der Waals surface area contributed by atoms with E-state index in [0.717, 1.165) is 0 Å². The lowest BCUT2D eigenvalue weighted by molar-refractivity contribution is -0.116. The van der Waals surface area contributed by atoms with Gasteiger partial charge in [0.2, 0.25) is 0 Å². The van der Waals surface area contributed by atoms with Gasteiger partial charge in [0.15, 0.2) is 0 Å². The highest BCUT2D eigenvalue weighted by Gasteiger charge is 2.32. The van der Waals surface area contributed by atoms with Crippen molar-refractivity contribution in [1.29, 1.82) is 0 Å². The molecule has 11 heteroatoms. The fraction of sp³-hybridized carbons (Fsp3) is 0.222. The average molecular weight is 400 g/mol. The third-order valence-corrected chi connectivity index (χ3v) is 2.78. The van der Waals surface area contributed by atoms with Gasteiger partial charge in [0, 0.05) is 0 Å². The lowest BCUT2D eigenvalue weighted by atomic mass is 10.4. The number of hydrogen-bond acceptors (Lipinski definition) is 3. The van der Waals surface area contributed by atoms with Gasteiger partial charge in [0.1, 0.15) is 11.6 Å². The molecule has 1 aromatic rings. The fourth-order valence-corrected chi connectivity index (χ4v) is 1.23. The molecule has 20 heavy (non-hydrogen) atoms. The standard InChI is InChI=1S/C9H5Cl6N3O2/c10-8(11,12)6(19)17-4-2-1-3-5(16-4)18-7(20)9(13,14)15/h1-3H,(H2,16,17,18,19,20). The van der Waals surface area contributed by atoms with E-state index in [9.17, 15) is 9.59 Å². The SMILES string of the molecule is O=C(Nc1cccc(NC(=O)C(Cl)(Cl)Cl)n1)C(Cl)(Cl)Cl. The van der Waals surface area contributed by atoms with Crippen molar-refractivity contribution in [1.82, 2.24) is 4.98 Å². The first-order valence-electron chi connectivity index (χ1n) is 4.73. The summed E-state index contributed by atoms with van der Waals surface area (Å²) in [6.45, 7) is 0. The minimum Gasteiger partial charge on any atom is -0.307 e. The highest BCUT2D eigenvalue weighted by Crippen LogP contribution is 2.28. The van der Waals surface area contributed by atoms with Crippen molar-refractivity contribution in [2.45, 2.75) is 7.59 Å². The Morgan fingerprint density at radius 3 is 1.50 bits per heavy atom. The summed E-state index contributed by atoms with van der Waals surface area (Å²) in [6.07, 6.45) is 0. The smallest absolute Gasteiger partial charge is 0.277 e. The van der Waals surface area contributed by atoms with Crippen LogP contribution in [0.25, 0.3) is 0 Å². The number of nitrogens with one attached hydrogen (secondary N) is 2. The highest BCUT2D eigenvalue weighted by atomic mass is 35.6. The van der Waals surface area contributed by atoms with E-state index >= 15 is 0 Å². The molecule has 0 fully saturated rings. The molecule has 0 aliphatic carbocycles. The van der Waals surface area contributed by atoms with Gasteiger partial charge < -0.3 is 10.6 Å². The lowest BCUT2D eigenvalue weighted by Gasteiger charge is -2.13. The summed E-state index contributed by atoms with van der Waals surface area (Å²) in [6, 6.07) is 4.31. The van der Waals surface area contributed by atoms with Gasteiger partial charge in [-0.1, -0.05) is 75.7 Å². The van der Waals surface area contributed by atoms with Gasteiger partial charge in [-0.15, -0.1) is 0 Å². The van der Waals surface area contributed by atoms with E-state index < -0.39 is 19.4 Å². The second kappa shape index (κ2) is 6.73. The maximum atomic E-state index is 11.4. The average Bonchev–Trinajstić information content (AvgIpc) is 2.26. The minimum atomic E-state index is -2.14. The topological polar surface area (TPSA) is 71.1 Å². The molecule has 0 unspecified atom stereocenters. The van der Waals surface area contributed by atoms with Crippen molar-refractivity contribution in [3.63, 3.8) is 0 Å². The molecule has 1 heterocycles. The Kier molecular flexibility index (Phi) is 6.01. The predicted octanol–water partition coefficient (Wildman–Crippen LogP) is 3.70. The number of anilines is 2. The minimum absolute atomic E-state index is 0.0449. The van der Waals surface area contributed by atoms with Crippen LogP contribution in [0.4, 0.5) is 11.6 Å². The van der Waals surface area contributed by atoms with E-state index in [2.05, 4.69) is 15.6 Å². The third-order valence-electron chi connectivity index (χ3n) is 1.75. The number of alkyl halides is 6. The van der Waals surface area contributed by atoms with Crippen LogP contribution >= 0.6 is 69.6 Å². The molecule has 0 aliphatic rings.